The molecule has 2 rings (SSSR count). The Morgan fingerprint density at radius 1 is 1.17 bits per heavy atom. The third-order valence-electron chi connectivity index (χ3n) is 1.96. The van der Waals surface area contributed by atoms with Crippen molar-refractivity contribution >= 4 is 29.4 Å². The highest BCUT2D eigenvalue weighted by atomic mass is 35.5. The van der Waals surface area contributed by atoms with Crippen LogP contribution >= 0.6 is 23.2 Å². The van der Waals surface area contributed by atoms with Crippen molar-refractivity contribution < 1.29 is 0 Å². The lowest BCUT2D eigenvalue weighted by Gasteiger charge is -2.12. The summed E-state index contributed by atoms with van der Waals surface area (Å²) >= 11 is 12.0. The van der Waals surface area contributed by atoms with E-state index >= 15 is 0 Å². The minimum Gasteiger partial charge on any atom is -0.292 e. The van der Waals surface area contributed by atoms with E-state index in [-0.39, 0.29) is 0 Å². The Balaban J connectivity index is 2.67. The monoisotopic (exact) mass is 199 g/mol. The van der Waals surface area contributed by atoms with Crippen molar-refractivity contribution in [1.29, 1.82) is 0 Å². The third-order valence-corrected chi connectivity index (χ3v) is 2.64. The van der Waals surface area contributed by atoms with E-state index in [1.165, 1.54) is 0 Å². The van der Waals surface area contributed by atoms with Crippen LogP contribution in [0.5, 0.6) is 0 Å². The van der Waals surface area contributed by atoms with Crippen LogP contribution in [0, 0.1) is 0 Å². The Morgan fingerprint density at radius 2 is 1.92 bits per heavy atom. The van der Waals surface area contributed by atoms with Gasteiger partial charge < -0.3 is 0 Å². The Morgan fingerprint density at radius 3 is 2.67 bits per heavy atom. The molecule has 1 heterocycles. The van der Waals surface area contributed by atoms with Crippen LogP contribution in [0.2, 0.25) is 10.0 Å². The van der Waals surface area contributed by atoms with Gasteiger partial charge in [-0.2, -0.15) is 0 Å². The van der Waals surface area contributed by atoms with Gasteiger partial charge in [0.15, 0.2) is 0 Å². The van der Waals surface area contributed by atoms with Crippen molar-refractivity contribution in [3.8, 4) is 0 Å². The minimum absolute atomic E-state index is 0.734. The Bertz CT molecular complexity index is 345. The van der Waals surface area contributed by atoms with Crippen molar-refractivity contribution in [1.82, 2.24) is 0 Å². The lowest BCUT2D eigenvalue weighted by Crippen LogP contribution is -2.04. The summed E-state index contributed by atoms with van der Waals surface area (Å²) < 4.78 is 0. The second-order valence-electron chi connectivity index (χ2n) is 2.71. The van der Waals surface area contributed by atoms with E-state index in [0.29, 0.717) is 0 Å². The van der Waals surface area contributed by atoms with E-state index in [1.54, 1.807) is 12.3 Å². The van der Waals surface area contributed by atoms with E-state index in [9.17, 15) is 0 Å². The second-order valence-corrected chi connectivity index (χ2v) is 3.52. The van der Waals surface area contributed by atoms with Crippen molar-refractivity contribution in [3.05, 3.63) is 33.3 Å². The van der Waals surface area contributed by atoms with E-state index in [2.05, 4.69) is 4.99 Å². The lowest BCUT2D eigenvalue weighted by atomic mass is 10.0. The first-order valence-electron chi connectivity index (χ1n) is 3.76. The maximum atomic E-state index is 5.99. The van der Waals surface area contributed by atoms with E-state index in [4.69, 9.17) is 23.2 Å². The average Bonchev–Trinajstić information content (AvgIpc) is 2.12. The van der Waals surface area contributed by atoms with Gasteiger partial charge >= 0.3 is 0 Å². The van der Waals surface area contributed by atoms with Crippen LogP contribution < -0.4 is 0 Å². The Labute approximate surface area is 81.0 Å². The van der Waals surface area contributed by atoms with Crippen LogP contribution in [0.1, 0.15) is 11.1 Å². The van der Waals surface area contributed by atoms with Gasteiger partial charge in [0.05, 0.1) is 0 Å². The average molecular weight is 200 g/mol. The molecule has 0 amide bonds. The molecule has 0 aliphatic carbocycles. The molecule has 12 heavy (non-hydrogen) atoms. The SMILES string of the molecule is Clc1ccc(Cl)c2c1C=NCC2. The van der Waals surface area contributed by atoms with Gasteiger partial charge in [-0.1, -0.05) is 23.2 Å². The predicted molar refractivity (Wildman–Crippen MR) is 52.6 cm³/mol. The van der Waals surface area contributed by atoms with Crippen LogP contribution in [-0.2, 0) is 6.42 Å². The number of hydrogen-bond acceptors (Lipinski definition) is 1. The fraction of sp³-hybridized carbons (Fsp3) is 0.222. The fourth-order valence-electron chi connectivity index (χ4n) is 1.34. The summed E-state index contributed by atoms with van der Waals surface area (Å²) in [6.07, 6.45) is 2.69. The molecule has 0 aromatic heterocycles. The summed E-state index contributed by atoms with van der Waals surface area (Å²) in [7, 11) is 0. The highest BCUT2D eigenvalue weighted by Crippen LogP contribution is 2.27. The third kappa shape index (κ3) is 1.23. The van der Waals surface area contributed by atoms with Gasteiger partial charge in [-0.15, -0.1) is 0 Å². The molecule has 0 saturated heterocycles. The fourth-order valence-corrected chi connectivity index (χ4v) is 1.82. The van der Waals surface area contributed by atoms with Gasteiger partial charge in [-0.3, -0.25) is 4.99 Å². The molecule has 62 valence electrons. The standard InChI is InChI=1S/C9H7Cl2N/c10-8-1-2-9(11)7-5-12-4-3-6(7)8/h1-2,5H,3-4H2. The van der Waals surface area contributed by atoms with Gasteiger partial charge in [-0.25, -0.2) is 0 Å². The van der Waals surface area contributed by atoms with E-state index in [0.717, 1.165) is 34.1 Å². The van der Waals surface area contributed by atoms with Crippen molar-refractivity contribution in [3.63, 3.8) is 0 Å². The molecule has 0 fully saturated rings. The first-order chi connectivity index (χ1) is 5.79. The molecule has 1 aromatic rings. The molecule has 1 aliphatic rings. The number of hydrogen-bond donors (Lipinski definition) is 0. The number of rotatable bonds is 0. The largest absolute Gasteiger partial charge is 0.292 e. The first kappa shape index (κ1) is 8.09. The van der Waals surface area contributed by atoms with Crippen molar-refractivity contribution in [2.45, 2.75) is 6.42 Å². The summed E-state index contributed by atoms with van der Waals surface area (Å²) in [6, 6.07) is 3.64. The van der Waals surface area contributed by atoms with Crippen molar-refractivity contribution in [2.75, 3.05) is 6.54 Å². The first-order valence-corrected chi connectivity index (χ1v) is 4.51. The molecule has 0 N–H and O–H groups in total. The van der Waals surface area contributed by atoms with E-state index < -0.39 is 0 Å². The number of halogens is 2. The zero-order chi connectivity index (χ0) is 8.55. The Hall–Kier alpha value is -0.530. The Kier molecular flexibility index (Phi) is 2.07. The molecule has 0 radical (unpaired) electrons. The van der Waals surface area contributed by atoms with Gasteiger partial charge in [0, 0.05) is 28.4 Å². The van der Waals surface area contributed by atoms with Crippen LogP contribution in [0.3, 0.4) is 0 Å². The topological polar surface area (TPSA) is 12.4 Å². The normalized spacial score (nSPS) is 14.5. The molecule has 0 unspecified atom stereocenters. The number of aliphatic imine (C=N–C) groups is 1. The molecule has 0 atom stereocenters. The zero-order valence-corrected chi connectivity index (χ0v) is 7.86. The number of benzene rings is 1. The van der Waals surface area contributed by atoms with Crippen LogP contribution in [0.4, 0.5) is 0 Å². The van der Waals surface area contributed by atoms with Gasteiger partial charge in [-0.05, 0) is 24.1 Å². The lowest BCUT2D eigenvalue weighted by molar-refractivity contribution is 0.953. The van der Waals surface area contributed by atoms with E-state index in [1.807, 2.05) is 6.07 Å². The second kappa shape index (κ2) is 3.08. The number of nitrogens with zero attached hydrogens (tertiary/aromatic N) is 1. The van der Waals surface area contributed by atoms with Gasteiger partial charge in [0.2, 0.25) is 0 Å². The quantitative estimate of drug-likeness (QED) is 0.610. The summed E-state index contributed by atoms with van der Waals surface area (Å²) in [4.78, 5) is 4.15. The summed E-state index contributed by atoms with van der Waals surface area (Å²) in [5.41, 5.74) is 2.11. The van der Waals surface area contributed by atoms with Gasteiger partial charge in [0.1, 0.15) is 0 Å². The zero-order valence-electron chi connectivity index (χ0n) is 6.35. The summed E-state index contributed by atoms with van der Waals surface area (Å²) in [5.74, 6) is 0. The van der Waals surface area contributed by atoms with Crippen molar-refractivity contribution in [2.24, 2.45) is 4.99 Å². The molecule has 1 aliphatic heterocycles. The molecule has 0 spiro atoms. The molecule has 1 nitrogen and oxygen atoms in total. The molecular weight excluding hydrogens is 193 g/mol. The highest BCUT2D eigenvalue weighted by Gasteiger charge is 2.11. The summed E-state index contributed by atoms with van der Waals surface area (Å²) in [5, 5.41) is 1.53. The maximum absolute atomic E-state index is 5.99. The number of fused-ring (bicyclic) bond motifs is 1. The maximum Gasteiger partial charge on any atom is 0.0497 e. The highest BCUT2D eigenvalue weighted by molar-refractivity contribution is 6.35. The van der Waals surface area contributed by atoms with Crippen LogP contribution in [-0.4, -0.2) is 12.8 Å². The smallest absolute Gasteiger partial charge is 0.0497 e. The van der Waals surface area contributed by atoms with Crippen LogP contribution in [0.15, 0.2) is 17.1 Å². The minimum atomic E-state index is 0.734. The predicted octanol–water partition coefficient (Wildman–Crippen LogP) is 2.97. The molecule has 1 aromatic carbocycles. The molecule has 3 heteroatoms. The summed E-state index contributed by atoms with van der Waals surface area (Å²) in [6.45, 7) is 0.813. The molecule has 0 saturated carbocycles. The molecular formula is C9H7Cl2N. The van der Waals surface area contributed by atoms with Crippen LogP contribution in [0.25, 0.3) is 0 Å². The van der Waals surface area contributed by atoms with Gasteiger partial charge in [0.25, 0.3) is 0 Å². The molecule has 0 bridgehead atoms.